The Balaban J connectivity index is 1.57. The van der Waals surface area contributed by atoms with E-state index in [9.17, 15) is 9.59 Å². The molecule has 1 saturated heterocycles. The minimum atomic E-state index is -0.126. The quantitative estimate of drug-likeness (QED) is 0.881. The van der Waals surface area contributed by atoms with Gasteiger partial charge in [-0.3, -0.25) is 9.59 Å². The van der Waals surface area contributed by atoms with Crippen LogP contribution < -0.4 is 15.5 Å². The van der Waals surface area contributed by atoms with Crippen molar-refractivity contribution >= 4 is 23.2 Å². The lowest BCUT2D eigenvalue weighted by atomic mass is 10.1. The molecule has 0 aromatic heterocycles. The summed E-state index contributed by atoms with van der Waals surface area (Å²) in [6.45, 7) is 3.11. The Kier molecular flexibility index (Phi) is 5.33. The SMILES string of the molecule is CC(=O)Nc1ccc(C(=O)NCC2CCCN2c2ccccc2)cc1. The van der Waals surface area contributed by atoms with E-state index in [-0.39, 0.29) is 11.8 Å². The maximum atomic E-state index is 12.4. The third-order valence-corrected chi connectivity index (χ3v) is 4.43. The number of hydrogen-bond acceptors (Lipinski definition) is 3. The van der Waals surface area contributed by atoms with E-state index in [1.54, 1.807) is 24.3 Å². The average molecular weight is 337 g/mol. The highest BCUT2D eigenvalue weighted by Crippen LogP contribution is 2.24. The van der Waals surface area contributed by atoms with Crippen LogP contribution in [0.4, 0.5) is 11.4 Å². The summed E-state index contributed by atoms with van der Waals surface area (Å²) in [4.78, 5) is 25.8. The molecule has 2 N–H and O–H groups in total. The molecule has 25 heavy (non-hydrogen) atoms. The number of hydrogen-bond donors (Lipinski definition) is 2. The fraction of sp³-hybridized carbons (Fsp3) is 0.300. The molecule has 2 amide bonds. The lowest BCUT2D eigenvalue weighted by Gasteiger charge is -2.27. The van der Waals surface area contributed by atoms with Crippen molar-refractivity contribution in [2.24, 2.45) is 0 Å². The number of anilines is 2. The second kappa shape index (κ2) is 7.83. The van der Waals surface area contributed by atoms with Gasteiger partial charge in [0.25, 0.3) is 5.91 Å². The Morgan fingerprint density at radius 2 is 1.80 bits per heavy atom. The maximum Gasteiger partial charge on any atom is 0.251 e. The van der Waals surface area contributed by atoms with Crippen LogP contribution >= 0.6 is 0 Å². The molecule has 0 aliphatic carbocycles. The number of carbonyl (C=O) groups is 2. The van der Waals surface area contributed by atoms with E-state index < -0.39 is 0 Å². The number of carbonyl (C=O) groups excluding carboxylic acids is 2. The predicted octanol–water partition coefficient (Wildman–Crippen LogP) is 3.04. The van der Waals surface area contributed by atoms with Gasteiger partial charge < -0.3 is 15.5 Å². The monoisotopic (exact) mass is 337 g/mol. The van der Waals surface area contributed by atoms with Crippen LogP contribution in [0.3, 0.4) is 0 Å². The topological polar surface area (TPSA) is 61.4 Å². The number of rotatable bonds is 5. The van der Waals surface area contributed by atoms with Gasteiger partial charge in [-0.25, -0.2) is 0 Å². The van der Waals surface area contributed by atoms with Gasteiger partial charge in [-0.05, 0) is 49.2 Å². The minimum absolute atomic E-state index is 0.0886. The molecule has 0 spiro atoms. The molecule has 1 atom stereocenters. The van der Waals surface area contributed by atoms with E-state index in [4.69, 9.17) is 0 Å². The summed E-state index contributed by atoms with van der Waals surface area (Å²) < 4.78 is 0. The molecule has 0 saturated carbocycles. The van der Waals surface area contributed by atoms with Crippen LogP contribution in [0, 0.1) is 0 Å². The first-order chi connectivity index (χ1) is 12.1. The molecule has 1 aliphatic rings. The van der Waals surface area contributed by atoms with E-state index in [1.165, 1.54) is 12.6 Å². The Labute approximate surface area is 148 Å². The lowest BCUT2D eigenvalue weighted by Crippen LogP contribution is -2.40. The summed E-state index contributed by atoms with van der Waals surface area (Å²) in [6, 6.07) is 17.6. The van der Waals surface area contributed by atoms with Gasteiger partial charge >= 0.3 is 0 Å². The smallest absolute Gasteiger partial charge is 0.251 e. The lowest BCUT2D eigenvalue weighted by molar-refractivity contribution is -0.114. The van der Waals surface area contributed by atoms with Crippen LogP contribution in [-0.4, -0.2) is 30.9 Å². The fourth-order valence-corrected chi connectivity index (χ4v) is 3.23. The van der Waals surface area contributed by atoms with Crippen LogP contribution in [0.1, 0.15) is 30.1 Å². The summed E-state index contributed by atoms with van der Waals surface area (Å²) in [6.07, 6.45) is 2.22. The van der Waals surface area contributed by atoms with E-state index >= 15 is 0 Å². The highest BCUT2D eigenvalue weighted by Gasteiger charge is 2.25. The van der Waals surface area contributed by atoms with Crippen LogP contribution in [0.25, 0.3) is 0 Å². The van der Waals surface area contributed by atoms with Crippen molar-refractivity contribution in [1.29, 1.82) is 0 Å². The fourth-order valence-electron chi connectivity index (χ4n) is 3.23. The van der Waals surface area contributed by atoms with Crippen molar-refractivity contribution in [3.8, 4) is 0 Å². The van der Waals surface area contributed by atoms with Gasteiger partial charge in [-0.2, -0.15) is 0 Å². The van der Waals surface area contributed by atoms with Gasteiger partial charge in [0.05, 0.1) is 0 Å². The third-order valence-electron chi connectivity index (χ3n) is 4.43. The van der Waals surface area contributed by atoms with Crippen LogP contribution in [-0.2, 0) is 4.79 Å². The van der Waals surface area contributed by atoms with Crippen LogP contribution in [0.5, 0.6) is 0 Å². The number of nitrogens with zero attached hydrogens (tertiary/aromatic N) is 1. The number of nitrogens with one attached hydrogen (secondary N) is 2. The average Bonchev–Trinajstić information content (AvgIpc) is 3.09. The van der Waals surface area contributed by atoms with Crippen LogP contribution in [0.2, 0.25) is 0 Å². The maximum absolute atomic E-state index is 12.4. The van der Waals surface area contributed by atoms with Crippen LogP contribution in [0.15, 0.2) is 54.6 Å². The van der Waals surface area contributed by atoms with E-state index in [0.29, 0.717) is 23.8 Å². The van der Waals surface area contributed by atoms with Gasteiger partial charge in [0.2, 0.25) is 5.91 Å². The highest BCUT2D eigenvalue weighted by atomic mass is 16.2. The molecule has 0 radical (unpaired) electrons. The summed E-state index contributed by atoms with van der Waals surface area (Å²) in [5.74, 6) is -0.214. The first-order valence-corrected chi connectivity index (χ1v) is 8.61. The largest absolute Gasteiger partial charge is 0.367 e. The molecule has 0 bridgehead atoms. The first kappa shape index (κ1) is 17.0. The van der Waals surface area contributed by atoms with Crippen molar-refractivity contribution in [2.75, 3.05) is 23.3 Å². The zero-order valence-corrected chi connectivity index (χ0v) is 14.4. The molecule has 5 nitrogen and oxygen atoms in total. The van der Waals surface area contributed by atoms with Crippen molar-refractivity contribution in [1.82, 2.24) is 5.32 Å². The zero-order valence-electron chi connectivity index (χ0n) is 14.4. The van der Waals surface area contributed by atoms with E-state index in [2.05, 4.69) is 27.7 Å². The summed E-state index contributed by atoms with van der Waals surface area (Å²) in [5, 5.41) is 5.73. The van der Waals surface area contributed by atoms with Gasteiger partial charge in [-0.1, -0.05) is 18.2 Å². The summed E-state index contributed by atoms with van der Waals surface area (Å²) in [5.41, 5.74) is 2.49. The van der Waals surface area contributed by atoms with Crippen molar-refractivity contribution in [2.45, 2.75) is 25.8 Å². The molecule has 2 aromatic carbocycles. The van der Waals surface area contributed by atoms with Crippen molar-refractivity contribution in [3.05, 3.63) is 60.2 Å². The molecule has 1 aliphatic heterocycles. The molecule has 3 rings (SSSR count). The van der Waals surface area contributed by atoms with Crippen molar-refractivity contribution in [3.63, 3.8) is 0 Å². The minimum Gasteiger partial charge on any atom is -0.367 e. The number of benzene rings is 2. The second-order valence-electron chi connectivity index (χ2n) is 6.29. The Hall–Kier alpha value is -2.82. The van der Waals surface area contributed by atoms with Gasteiger partial charge in [0.1, 0.15) is 0 Å². The van der Waals surface area contributed by atoms with Gasteiger partial charge in [0, 0.05) is 43.0 Å². The van der Waals surface area contributed by atoms with Gasteiger partial charge in [-0.15, -0.1) is 0 Å². The molecule has 130 valence electrons. The van der Waals surface area contributed by atoms with E-state index in [1.807, 2.05) is 18.2 Å². The molecule has 1 fully saturated rings. The Morgan fingerprint density at radius 1 is 1.08 bits per heavy atom. The molecule has 1 unspecified atom stereocenters. The summed E-state index contributed by atoms with van der Waals surface area (Å²) >= 11 is 0. The Morgan fingerprint density at radius 3 is 2.48 bits per heavy atom. The molecular formula is C20H23N3O2. The van der Waals surface area contributed by atoms with E-state index in [0.717, 1.165) is 19.4 Å². The number of para-hydroxylation sites is 1. The van der Waals surface area contributed by atoms with Crippen molar-refractivity contribution < 1.29 is 9.59 Å². The molecular weight excluding hydrogens is 314 g/mol. The standard InChI is InChI=1S/C20H23N3O2/c1-15(24)22-17-11-9-16(10-12-17)20(25)21-14-19-8-5-13-23(19)18-6-3-2-4-7-18/h2-4,6-7,9-12,19H,5,8,13-14H2,1H3,(H,21,25)(H,22,24). The number of amides is 2. The molecule has 5 heteroatoms. The first-order valence-electron chi connectivity index (χ1n) is 8.61. The Bertz CT molecular complexity index is 728. The normalized spacial score (nSPS) is 16.5. The third kappa shape index (κ3) is 4.38. The summed E-state index contributed by atoms with van der Waals surface area (Å²) in [7, 11) is 0. The molecule has 2 aromatic rings. The molecule has 1 heterocycles. The zero-order chi connectivity index (χ0) is 17.6. The van der Waals surface area contributed by atoms with Gasteiger partial charge in [0.15, 0.2) is 0 Å². The predicted molar refractivity (Wildman–Crippen MR) is 99.9 cm³/mol. The second-order valence-corrected chi connectivity index (χ2v) is 6.29. The highest BCUT2D eigenvalue weighted by molar-refractivity contribution is 5.95.